The summed E-state index contributed by atoms with van der Waals surface area (Å²) in [6.07, 6.45) is 12.9. The molecule has 1 aromatic carbocycles. The van der Waals surface area contributed by atoms with Gasteiger partial charge >= 0.3 is 0 Å². The maximum atomic E-state index is 6.46. The molecule has 0 saturated heterocycles. The molecule has 120 valence electrons. The maximum Gasteiger partial charge on any atom is 0.0297 e. The molecule has 0 heterocycles. The fourth-order valence-electron chi connectivity index (χ4n) is 3.24. The minimum atomic E-state index is 0.224. The smallest absolute Gasteiger partial charge is 0.0297 e. The van der Waals surface area contributed by atoms with Crippen LogP contribution in [0.3, 0.4) is 0 Å². The van der Waals surface area contributed by atoms with Crippen molar-refractivity contribution in [3.8, 4) is 0 Å². The second-order valence-corrected chi connectivity index (χ2v) is 6.21. The van der Waals surface area contributed by atoms with Gasteiger partial charge in [-0.3, -0.25) is 0 Å². The summed E-state index contributed by atoms with van der Waals surface area (Å²) in [6, 6.07) is 6.90. The van der Waals surface area contributed by atoms with Crippen molar-refractivity contribution in [1.82, 2.24) is 0 Å². The van der Waals surface area contributed by atoms with Gasteiger partial charge in [0.25, 0.3) is 0 Å². The first kappa shape index (κ1) is 18.2. The molecule has 1 atom stereocenters. The van der Waals surface area contributed by atoms with Gasteiger partial charge in [-0.15, -0.1) is 0 Å². The fraction of sp³-hybridized carbons (Fsp3) is 0.700. The number of hydrogen-bond donors (Lipinski definition) is 1. The molecule has 0 radical (unpaired) electrons. The van der Waals surface area contributed by atoms with E-state index in [2.05, 4.69) is 39.0 Å². The zero-order valence-electron chi connectivity index (χ0n) is 14.5. The summed E-state index contributed by atoms with van der Waals surface area (Å²) in [5, 5.41) is 0. The van der Waals surface area contributed by atoms with E-state index in [1.165, 1.54) is 61.6 Å². The van der Waals surface area contributed by atoms with Gasteiger partial charge in [0.2, 0.25) is 0 Å². The normalized spacial score (nSPS) is 12.6. The van der Waals surface area contributed by atoms with Gasteiger partial charge in [-0.25, -0.2) is 0 Å². The van der Waals surface area contributed by atoms with Crippen LogP contribution in [0.5, 0.6) is 0 Å². The van der Waals surface area contributed by atoms with Gasteiger partial charge in [-0.2, -0.15) is 0 Å². The highest BCUT2D eigenvalue weighted by Crippen LogP contribution is 2.25. The van der Waals surface area contributed by atoms with Crippen LogP contribution in [-0.2, 0) is 12.8 Å². The topological polar surface area (TPSA) is 26.0 Å². The number of aryl methyl sites for hydroxylation is 1. The van der Waals surface area contributed by atoms with Gasteiger partial charge in [-0.05, 0) is 36.0 Å². The van der Waals surface area contributed by atoms with Gasteiger partial charge in [0, 0.05) is 6.04 Å². The Labute approximate surface area is 132 Å². The van der Waals surface area contributed by atoms with Crippen LogP contribution >= 0.6 is 0 Å². The first-order valence-electron chi connectivity index (χ1n) is 9.10. The molecule has 1 nitrogen and oxygen atoms in total. The highest BCUT2D eigenvalue weighted by Gasteiger charge is 2.12. The van der Waals surface area contributed by atoms with E-state index >= 15 is 0 Å². The summed E-state index contributed by atoms with van der Waals surface area (Å²) >= 11 is 0. The Morgan fingerprint density at radius 3 is 2.14 bits per heavy atom. The van der Waals surface area contributed by atoms with Crippen LogP contribution < -0.4 is 5.73 Å². The molecular weight excluding hydrogens is 254 g/mol. The predicted octanol–water partition coefficient (Wildman–Crippen LogP) is 5.95. The minimum Gasteiger partial charge on any atom is -0.324 e. The summed E-state index contributed by atoms with van der Waals surface area (Å²) in [7, 11) is 0. The molecule has 2 N–H and O–H groups in total. The molecule has 1 rings (SSSR count). The number of nitrogens with two attached hydrogens (primary N) is 1. The zero-order valence-corrected chi connectivity index (χ0v) is 14.5. The third kappa shape index (κ3) is 6.22. The van der Waals surface area contributed by atoms with Crippen LogP contribution in [0.4, 0.5) is 0 Å². The van der Waals surface area contributed by atoms with E-state index in [0.29, 0.717) is 0 Å². The molecule has 0 aliphatic rings. The lowest BCUT2D eigenvalue weighted by Gasteiger charge is -2.18. The molecule has 1 aromatic rings. The molecule has 0 bridgehead atoms. The summed E-state index contributed by atoms with van der Waals surface area (Å²) < 4.78 is 0. The SMILES string of the molecule is CCCCCCCCCC(N)c1cccc(CC)c1CC. The molecule has 1 heteroatoms. The lowest BCUT2D eigenvalue weighted by molar-refractivity contribution is 0.539. The molecule has 0 aliphatic carbocycles. The average Bonchev–Trinajstić information content (AvgIpc) is 2.52. The van der Waals surface area contributed by atoms with Crippen molar-refractivity contribution in [3.05, 3.63) is 34.9 Å². The molecule has 0 aliphatic heterocycles. The number of benzene rings is 1. The zero-order chi connectivity index (χ0) is 15.5. The van der Waals surface area contributed by atoms with E-state index in [0.717, 1.165) is 19.3 Å². The monoisotopic (exact) mass is 289 g/mol. The Balaban J connectivity index is 2.40. The van der Waals surface area contributed by atoms with E-state index in [1.54, 1.807) is 0 Å². The van der Waals surface area contributed by atoms with Gasteiger partial charge in [0.15, 0.2) is 0 Å². The Morgan fingerprint density at radius 1 is 0.857 bits per heavy atom. The fourth-order valence-corrected chi connectivity index (χ4v) is 3.24. The van der Waals surface area contributed by atoms with Crippen LogP contribution in [0, 0.1) is 0 Å². The van der Waals surface area contributed by atoms with Crippen molar-refractivity contribution in [1.29, 1.82) is 0 Å². The van der Waals surface area contributed by atoms with E-state index in [9.17, 15) is 0 Å². The molecular formula is C20H35N. The third-order valence-corrected chi connectivity index (χ3v) is 4.56. The average molecular weight is 290 g/mol. The van der Waals surface area contributed by atoms with Gasteiger partial charge < -0.3 is 5.73 Å². The Morgan fingerprint density at radius 2 is 1.52 bits per heavy atom. The first-order valence-corrected chi connectivity index (χ1v) is 9.10. The molecule has 21 heavy (non-hydrogen) atoms. The van der Waals surface area contributed by atoms with Crippen LogP contribution in [0.1, 0.15) is 94.9 Å². The molecule has 0 amide bonds. The largest absolute Gasteiger partial charge is 0.324 e. The Bertz CT molecular complexity index is 383. The van der Waals surface area contributed by atoms with E-state index < -0.39 is 0 Å². The summed E-state index contributed by atoms with van der Waals surface area (Å²) in [6.45, 7) is 6.76. The number of rotatable bonds is 11. The van der Waals surface area contributed by atoms with Crippen molar-refractivity contribution in [2.75, 3.05) is 0 Å². The number of unbranched alkanes of at least 4 members (excludes halogenated alkanes) is 6. The highest BCUT2D eigenvalue weighted by molar-refractivity contribution is 5.37. The van der Waals surface area contributed by atoms with E-state index in [-0.39, 0.29) is 6.04 Å². The van der Waals surface area contributed by atoms with Crippen molar-refractivity contribution in [3.63, 3.8) is 0 Å². The lowest BCUT2D eigenvalue weighted by Crippen LogP contribution is -2.13. The second kappa shape index (κ2) is 10.8. The summed E-state index contributed by atoms with van der Waals surface area (Å²) in [5.41, 5.74) is 10.8. The first-order chi connectivity index (χ1) is 10.2. The molecule has 0 fully saturated rings. The van der Waals surface area contributed by atoms with Crippen LogP contribution in [0.15, 0.2) is 18.2 Å². The van der Waals surface area contributed by atoms with Crippen molar-refractivity contribution in [2.45, 2.75) is 91.0 Å². The molecule has 1 unspecified atom stereocenters. The standard InChI is InChI=1S/C20H35N/c1-4-7-8-9-10-11-12-16-20(21)19-15-13-14-17(5-2)18(19)6-3/h13-15,20H,4-12,16,21H2,1-3H3. The van der Waals surface area contributed by atoms with Gasteiger partial charge in [0.05, 0.1) is 0 Å². The van der Waals surface area contributed by atoms with E-state index in [4.69, 9.17) is 5.73 Å². The van der Waals surface area contributed by atoms with Gasteiger partial charge in [-0.1, -0.05) is 83.9 Å². The Hall–Kier alpha value is -0.820. The predicted molar refractivity (Wildman–Crippen MR) is 94.7 cm³/mol. The van der Waals surface area contributed by atoms with Crippen molar-refractivity contribution >= 4 is 0 Å². The quantitative estimate of drug-likeness (QED) is 0.500. The molecule has 0 spiro atoms. The summed E-state index contributed by atoms with van der Waals surface area (Å²) in [4.78, 5) is 0. The lowest BCUT2D eigenvalue weighted by atomic mass is 9.91. The summed E-state index contributed by atoms with van der Waals surface area (Å²) in [5.74, 6) is 0. The van der Waals surface area contributed by atoms with Crippen molar-refractivity contribution in [2.24, 2.45) is 5.73 Å². The second-order valence-electron chi connectivity index (χ2n) is 6.21. The van der Waals surface area contributed by atoms with Crippen LogP contribution in [0.2, 0.25) is 0 Å². The van der Waals surface area contributed by atoms with Crippen LogP contribution in [0.25, 0.3) is 0 Å². The maximum absolute atomic E-state index is 6.46. The molecule has 0 aromatic heterocycles. The van der Waals surface area contributed by atoms with Crippen LogP contribution in [-0.4, -0.2) is 0 Å². The highest BCUT2D eigenvalue weighted by atomic mass is 14.6. The Kier molecular flexibility index (Phi) is 9.41. The minimum absolute atomic E-state index is 0.224. The van der Waals surface area contributed by atoms with Crippen molar-refractivity contribution < 1.29 is 0 Å². The van der Waals surface area contributed by atoms with Gasteiger partial charge in [0.1, 0.15) is 0 Å². The van der Waals surface area contributed by atoms with E-state index in [1.807, 2.05) is 0 Å². The molecule has 0 saturated carbocycles. The third-order valence-electron chi connectivity index (χ3n) is 4.56. The number of hydrogen-bond acceptors (Lipinski definition) is 1.